The molecular weight excluding hydrogens is 385 g/mol. The molecule has 0 amide bonds. The van der Waals surface area contributed by atoms with E-state index in [9.17, 15) is 4.39 Å². The van der Waals surface area contributed by atoms with Gasteiger partial charge in [0.25, 0.3) is 0 Å². The standard InChI is InChI=1S/C23H32FN3O3/c1-6-25-23(26-15-18-7-9-20(24)19(13-18)16-28-3)27(2)12-11-17-8-10-21(29-4)22(14-17)30-5/h7-10,13-14H,6,11-12,15-16H2,1-5H3,(H,25,26). The lowest BCUT2D eigenvalue weighted by molar-refractivity contribution is 0.181. The molecule has 2 rings (SSSR count). The van der Waals surface area contributed by atoms with Crippen molar-refractivity contribution < 1.29 is 18.6 Å². The first-order chi connectivity index (χ1) is 14.5. The highest BCUT2D eigenvalue weighted by molar-refractivity contribution is 5.79. The second-order valence-electron chi connectivity index (χ2n) is 6.89. The van der Waals surface area contributed by atoms with E-state index in [1.165, 1.54) is 6.07 Å². The van der Waals surface area contributed by atoms with E-state index in [1.807, 2.05) is 32.2 Å². The molecule has 0 spiro atoms. The van der Waals surface area contributed by atoms with Gasteiger partial charge in [-0.2, -0.15) is 0 Å². The minimum atomic E-state index is -0.261. The maximum absolute atomic E-state index is 13.8. The molecule has 0 bridgehead atoms. The van der Waals surface area contributed by atoms with Crippen LogP contribution in [0.1, 0.15) is 23.6 Å². The molecule has 0 radical (unpaired) electrons. The highest BCUT2D eigenvalue weighted by Gasteiger charge is 2.09. The van der Waals surface area contributed by atoms with Gasteiger partial charge in [-0.05, 0) is 48.7 Å². The lowest BCUT2D eigenvalue weighted by atomic mass is 10.1. The molecule has 7 heteroatoms. The molecule has 2 aromatic rings. The van der Waals surface area contributed by atoms with Gasteiger partial charge in [-0.15, -0.1) is 0 Å². The van der Waals surface area contributed by atoms with Gasteiger partial charge in [0.05, 0.1) is 27.4 Å². The highest BCUT2D eigenvalue weighted by atomic mass is 19.1. The smallest absolute Gasteiger partial charge is 0.193 e. The number of hydrogen-bond donors (Lipinski definition) is 1. The molecule has 0 saturated carbocycles. The van der Waals surface area contributed by atoms with Crippen molar-refractivity contribution in [3.8, 4) is 11.5 Å². The predicted octanol–water partition coefficient (Wildman–Crippen LogP) is 3.63. The minimum Gasteiger partial charge on any atom is -0.493 e. The summed E-state index contributed by atoms with van der Waals surface area (Å²) in [7, 11) is 6.82. The fraction of sp³-hybridized carbons (Fsp3) is 0.435. The Morgan fingerprint density at radius 1 is 1.03 bits per heavy atom. The fourth-order valence-electron chi connectivity index (χ4n) is 3.07. The highest BCUT2D eigenvalue weighted by Crippen LogP contribution is 2.27. The number of halogens is 1. The first kappa shape index (κ1) is 23.5. The quantitative estimate of drug-likeness (QED) is 0.473. The van der Waals surface area contributed by atoms with Crippen LogP contribution in [0, 0.1) is 5.82 Å². The normalized spacial score (nSPS) is 11.3. The first-order valence-corrected chi connectivity index (χ1v) is 9.98. The average molecular weight is 418 g/mol. The Labute approximate surface area is 178 Å². The summed E-state index contributed by atoms with van der Waals surface area (Å²) in [5.41, 5.74) is 2.63. The Morgan fingerprint density at radius 3 is 2.43 bits per heavy atom. The van der Waals surface area contributed by atoms with Crippen LogP contribution in [0.25, 0.3) is 0 Å². The van der Waals surface area contributed by atoms with Crippen molar-refractivity contribution in [3.63, 3.8) is 0 Å². The number of hydrogen-bond acceptors (Lipinski definition) is 4. The maximum Gasteiger partial charge on any atom is 0.193 e. The number of likely N-dealkylation sites (N-methyl/N-ethyl adjacent to an activating group) is 1. The summed E-state index contributed by atoms with van der Waals surface area (Å²) in [6, 6.07) is 11.0. The van der Waals surface area contributed by atoms with Crippen LogP contribution in [0.15, 0.2) is 41.4 Å². The summed E-state index contributed by atoms with van der Waals surface area (Å²) in [6.07, 6.45) is 0.829. The average Bonchev–Trinajstić information content (AvgIpc) is 2.76. The summed E-state index contributed by atoms with van der Waals surface area (Å²) in [5, 5.41) is 3.31. The third-order valence-corrected chi connectivity index (χ3v) is 4.70. The number of rotatable bonds is 10. The Morgan fingerprint density at radius 2 is 1.77 bits per heavy atom. The van der Waals surface area contributed by atoms with Crippen molar-refractivity contribution in [1.82, 2.24) is 10.2 Å². The largest absolute Gasteiger partial charge is 0.493 e. The summed E-state index contributed by atoms with van der Waals surface area (Å²) in [5.74, 6) is 1.98. The number of benzene rings is 2. The molecule has 164 valence electrons. The van der Waals surface area contributed by atoms with Crippen molar-refractivity contribution in [2.24, 2.45) is 4.99 Å². The fourth-order valence-corrected chi connectivity index (χ4v) is 3.07. The number of aliphatic imine (C=N–C) groups is 1. The van der Waals surface area contributed by atoms with E-state index in [0.29, 0.717) is 12.1 Å². The van der Waals surface area contributed by atoms with Gasteiger partial charge in [-0.1, -0.05) is 12.1 Å². The number of nitrogens with one attached hydrogen (secondary N) is 1. The van der Waals surface area contributed by atoms with Gasteiger partial charge >= 0.3 is 0 Å². The predicted molar refractivity (Wildman–Crippen MR) is 118 cm³/mol. The third kappa shape index (κ3) is 6.62. The number of guanidine groups is 1. The molecule has 0 atom stereocenters. The van der Waals surface area contributed by atoms with Gasteiger partial charge < -0.3 is 24.4 Å². The van der Waals surface area contributed by atoms with Crippen LogP contribution < -0.4 is 14.8 Å². The molecule has 0 aromatic heterocycles. The second-order valence-corrected chi connectivity index (χ2v) is 6.89. The van der Waals surface area contributed by atoms with Crippen LogP contribution in [-0.4, -0.2) is 52.3 Å². The Bertz CT molecular complexity index is 842. The van der Waals surface area contributed by atoms with Crippen molar-refractivity contribution in [3.05, 3.63) is 58.9 Å². The van der Waals surface area contributed by atoms with E-state index in [0.717, 1.165) is 48.1 Å². The zero-order chi connectivity index (χ0) is 21.9. The molecule has 0 saturated heterocycles. The van der Waals surface area contributed by atoms with Crippen LogP contribution in [0.5, 0.6) is 11.5 Å². The molecule has 0 fully saturated rings. The summed E-state index contributed by atoms with van der Waals surface area (Å²) >= 11 is 0. The number of ether oxygens (including phenoxy) is 3. The number of methoxy groups -OCH3 is 3. The monoisotopic (exact) mass is 417 g/mol. The molecule has 30 heavy (non-hydrogen) atoms. The van der Waals surface area contributed by atoms with Gasteiger partial charge in [0.15, 0.2) is 17.5 Å². The van der Waals surface area contributed by atoms with Gasteiger partial charge in [0, 0.05) is 32.8 Å². The van der Waals surface area contributed by atoms with Gasteiger partial charge in [-0.3, -0.25) is 0 Å². The SMILES string of the molecule is CCNC(=NCc1ccc(F)c(COC)c1)N(C)CCc1ccc(OC)c(OC)c1. The van der Waals surface area contributed by atoms with Crippen LogP contribution in [-0.2, 0) is 24.3 Å². The summed E-state index contributed by atoms with van der Waals surface area (Å²) in [6.45, 7) is 4.28. The van der Waals surface area contributed by atoms with Crippen LogP contribution in [0.4, 0.5) is 4.39 Å². The lowest BCUT2D eigenvalue weighted by Crippen LogP contribution is -2.39. The molecular formula is C23H32FN3O3. The van der Waals surface area contributed by atoms with Gasteiger partial charge in [0.1, 0.15) is 5.82 Å². The van der Waals surface area contributed by atoms with Crippen LogP contribution in [0.2, 0.25) is 0 Å². The number of nitrogens with zero attached hydrogens (tertiary/aromatic N) is 2. The summed E-state index contributed by atoms with van der Waals surface area (Å²) < 4.78 is 29.6. The molecule has 1 N–H and O–H groups in total. The third-order valence-electron chi connectivity index (χ3n) is 4.70. The van der Waals surface area contributed by atoms with Gasteiger partial charge in [-0.25, -0.2) is 9.38 Å². The van der Waals surface area contributed by atoms with Crippen molar-refractivity contribution in [2.75, 3.05) is 41.5 Å². The van der Waals surface area contributed by atoms with Crippen molar-refractivity contribution in [1.29, 1.82) is 0 Å². The van der Waals surface area contributed by atoms with Crippen LogP contribution in [0.3, 0.4) is 0 Å². The Hall–Kier alpha value is -2.80. The minimum absolute atomic E-state index is 0.245. The van der Waals surface area contributed by atoms with Crippen molar-refractivity contribution in [2.45, 2.75) is 26.5 Å². The summed E-state index contributed by atoms with van der Waals surface area (Å²) in [4.78, 5) is 6.79. The zero-order valence-corrected chi connectivity index (χ0v) is 18.5. The molecule has 0 aliphatic rings. The van der Waals surface area contributed by atoms with E-state index in [-0.39, 0.29) is 12.4 Å². The first-order valence-electron chi connectivity index (χ1n) is 9.98. The topological polar surface area (TPSA) is 55.3 Å². The lowest BCUT2D eigenvalue weighted by Gasteiger charge is -2.22. The molecule has 2 aromatic carbocycles. The Balaban J connectivity index is 2.05. The van der Waals surface area contributed by atoms with E-state index in [4.69, 9.17) is 19.2 Å². The Kier molecular flexibility index (Phi) is 9.41. The molecule has 0 aliphatic heterocycles. The molecule has 0 aliphatic carbocycles. The molecule has 0 heterocycles. The van der Waals surface area contributed by atoms with E-state index < -0.39 is 0 Å². The van der Waals surface area contributed by atoms with Gasteiger partial charge in [0.2, 0.25) is 0 Å². The zero-order valence-electron chi connectivity index (χ0n) is 18.5. The van der Waals surface area contributed by atoms with E-state index >= 15 is 0 Å². The van der Waals surface area contributed by atoms with E-state index in [1.54, 1.807) is 33.5 Å². The molecule has 6 nitrogen and oxygen atoms in total. The van der Waals surface area contributed by atoms with E-state index in [2.05, 4.69) is 10.2 Å². The van der Waals surface area contributed by atoms with Crippen LogP contribution >= 0.6 is 0 Å². The second kappa shape index (κ2) is 12.0. The molecule has 0 unspecified atom stereocenters. The van der Waals surface area contributed by atoms with Crippen molar-refractivity contribution >= 4 is 5.96 Å². The maximum atomic E-state index is 13.8.